The lowest BCUT2D eigenvalue weighted by molar-refractivity contribution is -0.127. The van der Waals surface area contributed by atoms with Crippen molar-refractivity contribution in [2.45, 2.75) is 77.0 Å². The smallest absolute Gasteiger partial charge is 0.237 e. The zero-order chi connectivity index (χ0) is 14.0. The molecule has 0 aromatic rings. The zero-order valence-electron chi connectivity index (χ0n) is 12.8. The number of hydrogen-bond donors (Lipinski definition) is 2. The molecule has 2 heterocycles. The van der Waals surface area contributed by atoms with Crippen molar-refractivity contribution in [2.24, 2.45) is 0 Å². The Balaban J connectivity index is 1.91. The lowest BCUT2D eigenvalue weighted by Crippen LogP contribution is -2.53. The second-order valence-electron chi connectivity index (χ2n) is 6.82. The summed E-state index contributed by atoms with van der Waals surface area (Å²) in [6.45, 7) is 10.4. The van der Waals surface area contributed by atoms with Gasteiger partial charge < -0.3 is 10.6 Å². The highest BCUT2D eigenvalue weighted by molar-refractivity contribution is 5.82. The minimum Gasteiger partial charge on any atom is -0.350 e. The van der Waals surface area contributed by atoms with Gasteiger partial charge in [0.15, 0.2) is 0 Å². The monoisotopic (exact) mass is 267 g/mol. The fourth-order valence-corrected chi connectivity index (χ4v) is 3.01. The van der Waals surface area contributed by atoms with Crippen molar-refractivity contribution < 1.29 is 4.79 Å². The molecule has 0 radical (unpaired) electrons. The third-order valence-electron chi connectivity index (χ3n) is 4.83. The number of carbonyl (C=O) groups excluding carboxylic acids is 1. The van der Waals surface area contributed by atoms with Crippen molar-refractivity contribution in [3.8, 4) is 0 Å². The first kappa shape index (κ1) is 14.8. The Morgan fingerprint density at radius 1 is 1.37 bits per heavy atom. The maximum absolute atomic E-state index is 12.4. The van der Waals surface area contributed by atoms with Crippen molar-refractivity contribution in [2.75, 3.05) is 13.1 Å². The van der Waals surface area contributed by atoms with E-state index in [1.54, 1.807) is 0 Å². The van der Waals surface area contributed by atoms with E-state index >= 15 is 0 Å². The van der Waals surface area contributed by atoms with Gasteiger partial charge in [0.1, 0.15) is 0 Å². The number of amides is 1. The minimum atomic E-state index is -0.103. The molecule has 0 aromatic heterocycles. The van der Waals surface area contributed by atoms with Gasteiger partial charge >= 0.3 is 0 Å². The van der Waals surface area contributed by atoms with Crippen LogP contribution in [0.3, 0.4) is 0 Å². The minimum absolute atomic E-state index is 0.0213. The molecule has 1 amide bonds. The maximum atomic E-state index is 12.4. The summed E-state index contributed by atoms with van der Waals surface area (Å²) < 4.78 is 0. The highest BCUT2D eigenvalue weighted by Gasteiger charge is 2.33. The van der Waals surface area contributed by atoms with E-state index < -0.39 is 0 Å². The van der Waals surface area contributed by atoms with Crippen molar-refractivity contribution in [3.05, 3.63) is 0 Å². The molecule has 2 aliphatic heterocycles. The third kappa shape index (κ3) is 3.69. The van der Waals surface area contributed by atoms with E-state index in [9.17, 15) is 4.79 Å². The summed E-state index contributed by atoms with van der Waals surface area (Å²) >= 11 is 0. The molecule has 2 fully saturated rings. The average molecular weight is 267 g/mol. The van der Waals surface area contributed by atoms with E-state index in [4.69, 9.17) is 0 Å². The first-order chi connectivity index (χ1) is 8.91. The first-order valence-electron chi connectivity index (χ1n) is 7.73. The Kier molecular flexibility index (Phi) is 4.51. The van der Waals surface area contributed by atoms with Crippen molar-refractivity contribution in [1.29, 1.82) is 0 Å². The molecule has 2 N–H and O–H groups in total. The van der Waals surface area contributed by atoms with Gasteiger partial charge in [-0.3, -0.25) is 9.69 Å². The zero-order valence-corrected chi connectivity index (χ0v) is 12.8. The Bertz CT molecular complexity index is 329. The Hall–Kier alpha value is -0.610. The molecule has 0 saturated carbocycles. The van der Waals surface area contributed by atoms with Gasteiger partial charge in [-0.15, -0.1) is 0 Å². The molecule has 2 saturated heterocycles. The van der Waals surface area contributed by atoms with Crippen LogP contribution >= 0.6 is 0 Å². The fraction of sp³-hybridized carbons (Fsp3) is 0.933. The van der Waals surface area contributed by atoms with Crippen LogP contribution in [-0.4, -0.2) is 47.6 Å². The summed E-state index contributed by atoms with van der Waals surface area (Å²) in [6, 6.07) is 1.24. The Morgan fingerprint density at radius 3 is 2.74 bits per heavy atom. The van der Waals surface area contributed by atoms with Gasteiger partial charge in [-0.25, -0.2) is 0 Å². The van der Waals surface area contributed by atoms with Crippen LogP contribution in [0.1, 0.15) is 53.4 Å². The van der Waals surface area contributed by atoms with Crippen LogP contribution in [0, 0.1) is 0 Å². The van der Waals surface area contributed by atoms with E-state index in [0.29, 0.717) is 12.1 Å². The molecule has 2 bridgehead atoms. The van der Waals surface area contributed by atoms with E-state index in [-0.39, 0.29) is 17.5 Å². The number of nitrogens with zero attached hydrogens (tertiary/aromatic N) is 1. The summed E-state index contributed by atoms with van der Waals surface area (Å²) in [5.74, 6) is 0.171. The second kappa shape index (κ2) is 5.80. The van der Waals surface area contributed by atoms with Crippen molar-refractivity contribution >= 4 is 5.91 Å². The summed E-state index contributed by atoms with van der Waals surface area (Å²) in [6.07, 6.45) is 4.70. The summed E-state index contributed by atoms with van der Waals surface area (Å²) in [5.41, 5.74) is -0.103. The Labute approximate surface area is 117 Å². The number of nitrogens with one attached hydrogen (secondary N) is 2. The van der Waals surface area contributed by atoms with Crippen LogP contribution in [0.15, 0.2) is 0 Å². The predicted molar refractivity (Wildman–Crippen MR) is 78.1 cm³/mol. The van der Waals surface area contributed by atoms with Crippen LogP contribution < -0.4 is 10.6 Å². The van der Waals surface area contributed by atoms with Gasteiger partial charge in [-0.05, 0) is 46.5 Å². The number of rotatable bonds is 4. The van der Waals surface area contributed by atoms with E-state index in [0.717, 1.165) is 19.5 Å². The standard InChI is InChI=1S/C15H29N3O/c1-5-15(3,4)17-14(19)11(2)18-9-8-12-6-7-13(10-18)16-12/h11-13,16H,5-10H2,1-4H3,(H,17,19). The number of fused-ring (bicyclic) bond motifs is 2. The number of hydrogen-bond acceptors (Lipinski definition) is 3. The molecule has 2 aliphatic rings. The van der Waals surface area contributed by atoms with Gasteiger partial charge in [0.05, 0.1) is 6.04 Å². The van der Waals surface area contributed by atoms with E-state index in [2.05, 4.69) is 36.3 Å². The molecular weight excluding hydrogens is 238 g/mol. The van der Waals surface area contributed by atoms with Gasteiger partial charge in [0, 0.05) is 30.7 Å². The van der Waals surface area contributed by atoms with Gasteiger partial charge in [0.2, 0.25) is 5.91 Å². The summed E-state index contributed by atoms with van der Waals surface area (Å²) in [4.78, 5) is 14.7. The topological polar surface area (TPSA) is 44.4 Å². The van der Waals surface area contributed by atoms with Crippen LogP contribution in [0.4, 0.5) is 0 Å². The number of likely N-dealkylation sites (tertiary alicyclic amines) is 1. The normalized spacial score (nSPS) is 29.9. The summed E-state index contributed by atoms with van der Waals surface area (Å²) in [5, 5.41) is 6.83. The Morgan fingerprint density at radius 2 is 2.05 bits per heavy atom. The van der Waals surface area contributed by atoms with Crippen LogP contribution in [-0.2, 0) is 4.79 Å². The number of carbonyl (C=O) groups is 1. The molecule has 0 spiro atoms. The van der Waals surface area contributed by atoms with Crippen LogP contribution in [0.2, 0.25) is 0 Å². The molecule has 2 rings (SSSR count). The van der Waals surface area contributed by atoms with Crippen LogP contribution in [0.25, 0.3) is 0 Å². The predicted octanol–water partition coefficient (Wildman–Crippen LogP) is 1.51. The summed E-state index contributed by atoms with van der Waals surface area (Å²) in [7, 11) is 0. The third-order valence-corrected chi connectivity index (χ3v) is 4.83. The molecule has 4 heteroatoms. The molecule has 19 heavy (non-hydrogen) atoms. The highest BCUT2D eigenvalue weighted by Crippen LogP contribution is 2.21. The molecule has 0 aliphatic carbocycles. The quantitative estimate of drug-likeness (QED) is 0.811. The maximum Gasteiger partial charge on any atom is 0.237 e. The van der Waals surface area contributed by atoms with Crippen LogP contribution in [0.5, 0.6) is 0 Å². The van der Waals surface area contributed by atoms with E-state index in [1.165, 1.54) is 19.3 Å². The SMILES string of the molecule is CCC(C)(C)NC(=O)C(C)N1CCC2CCC(C1)N2. The molecule has 110 valence electrons. The molecule has 3 atom stereocenters. The molecule has 0 aromatic carbocycles. The molecule has 3 unspecified atom stereocenters. The first-order valence-corrected chi connectivity index (χ1v) is 7.73. The molecule has 4 nitrogen and oxygen atoms in total. The van der Waals surface area contributed by atoms with Gasteiger partial charge in [0.25, 0.3) is 0 Å². The molecular formula is C15H29N3O. The van der Waals surface area contributed by atoms with Gasteiger partial charge in [-0.1, -0.05) is 6.92 Å². The lowest BCUT2D eigenvalue weighted by Gasteiger charge is -2.33. The average Bonchev–Trinajstić information content (AvgIpc) is 2.68. The second-order valence-corrected chi connectivity index (χ2v) is 6.82. The van der Waals surface area contributed by atoms with Crippen molar-refractivity contribution in [1.82, 2.24) is 15.5 Å². The lowest BCUT2D eigenvalue weighted by atomic mass is 10.0. The largest absolute Gasteiger partial charge is 0.350 e. The van der Waals surface area contributed by atoms with Gasteiger partial charge in [-0.2, -0.15) is 0 Å². The fourth-order valence-electron chi connectivity index (χ4n) is 3.01. The highest BCUT2D eigenvalue weighted by atomic mass is 16.2. The van der Waals surface area contributed by atoms with Crippen molar-refractivity contribution in [3.63, 3.8) is 0 Å². The van der Waals surface area contributed by atoms with E-state index in [1.807, 2.05) is 6.92 Å².